The molecule has 1 N–H and O–H groups in total. The van der Waals surface area contributed by atoms with Crippen LogP contribution in [0.4, 0.5) is 0 Å². The van der Waals surface area contributed by atoms with Crippen molar-refractivity contribution < 1.29 is 5.11 Å². The van der Waals surface area contributed by atoms with Gasteiger partial charge in [0.05, 0.1) is 6.61 Å². The molecule has 0 heterocycles. The maximum Gasteiger partial charge on any atom is 0.0743 e. The molecule has 0 aromatic heterocycles. The van der Waals surface area contributed by atoms with Gasteiger partial charge in [0.15, 0.2) is 0 Å². The van der Waals surface area contributed by atoms with Gasteiger partial charge in [0, 0.05) is 3.58 Å². The number of aliphatic hydroxyl groups is 1. The van der Waals surface area contributed by atoms with Crippen molar-refractivity contribution >= 4 is 45.2 Å². The first-order valence-corrected chi connectivity index (χ1v) is 3.69. The maximum absolute atomic E-state index is 8.25. The number of rotatable bonds is 1. The highest BCUT2D eigenvalue weighted by atomic mass is 127. The summed E-state index contributed by atoms with van der Waals surface area (Å²) in [4.78, 5) is 0. The minimum absolute atomic E-state index is 0.170. The lowest BCUT2D eigenvalue weighted by Gasteiger charge is -1.81. The van der Waals surface area contributed by atoms with Gasteiger partial charge in [-0.3, -0.25) is 0 Å². The molecular formula is C3H4I2O. The molecule has 6 heavy (non-hydrogen) atoms. The number of aliphatic hydroxyl groups excluding tert-OH is 1. The van der Waals surface area contributed by atoms with E-state index >= 15 is 0 Å². The van der Waals surface area contributed by atoms with Gasteiger partial charge in [-0.15, -0.1) is 0 Å². The molecule has 0 rings (SSSR count). The van der Waals surface area contributed by atoms with E-state index in [1.807, 2.05) is 4.08 Å². The molecular weight excluding hydrogens is 306 g/mol. The molecule has 0 saturated heterocycles. The van der Waals surface area contributed by atoms with E-state index in [4.69, 9.17) is 5.11 Å². The van der Waals surface area contributed by atoms with Crippen LogP contribution in [0.2, 0.25) is 0 Å². The molecule has 0 bridgehead atoms. The lowest BCUT2D eigenvalue weighted by atomic mass is 10.7. The quantitative estimate of drug-likeness (QED) is 0.731. The number of halogens is 2. The summed E-state index contributed by atoms with van der Waals surface area (Å²) >= 11 is 4.16. The highest BCUT2D eigenvalue weighted by Crippen LogP contribution is 2.05. The Bertz CT molecular complexity index is 59.8. The van der Waals surface area contributed by atoms with Gasteiger partial charge < -0.3 is 5.11 Å². The topological polar surface area (TPSA) is 20.2 Å². The Morgan fingerprint density at radius 2 is 2.33 bits per heavy atom. The van der Waals surface area contributed by atoms with E-state index in [9.17, 15) is 0 Å². The fraction of sp³-hybridized carbons (Fsp3) is 0.333. The second-order valence-electron chi connectivity index (χ2n) is 0.714. The molecule has 0 spiro atoms. The number of hydrogen-bond donors (Lipinski definition) is 1. The Labute approximate surface area is 64.1 Å². The van der Waals surface area contributed by atoms with E-state index in [1.165, 1.54) is 0 Å². The minimum Gasteiger partial charge on any atom is -0.391 e. The zero-order valence-electron chi connectivity index (χ0n) is 2.99. The van der Waals surface area contributed by atoms with Gasteiger partial charge in [0.2, 0.25) is 0 Å². The van der Waals surface area contributed by atoms with Gasteiger partial charge in [-0.05, 0) is 26.7 Å². The van der Waals surface area contributed by atoms with Crippen LogP contribution in [-0.4, -0.2) is 11.7 Å². The van der Waals surface area contributed by atoms with E-state index in [-0.39, 0.29) is 6.61 Å². The maximum atomic E-state index is 8.25. The molecule has 0 amide bonds. The van der Waals surface area contributed by atoms with Crippen molar-refractivity contribution in [3.05, 3.63) is 7.66 Å². The summed E-state index contributed by atoms with van der Waals surface area (Å²) in [5.41, 5.74) is 0. The number of hydrogen-bond acceptors (Lipinski definition) is 1. The molecule has 0 unspecified atom stereocenters. The molecule has 3 heteroatoms. The van der Waals surface area contributed by atoms with E-state index in [2.05, 4.69) is 45.2 Å². The van der Waals surface area contributed by atoms with Crippen LogP contribution in [-0.2, 0) is 0 Å². The molecule has 0 aliphatic heterocycles. The third-order valence-corrected chi connectivity index (χ3v) is 2.87. The predicted octanol–water partition coefficient (Wildman–Crippen LogP) is 1.69. The summed E-state index contributed by atoms with van der Waals surface area (Å²) in [6, 6.07) is 0. The average molecular weight is 310 g/mol. The average Bonchev–Trinajstić information content (AvgIpc) is 1.65. The van der Waals surface area contributed by atoms with E-state index in [0.29, 0.717) is 0 Å². The molecule has 0 saturated carbocycles. The summed E-state index contributed by atoms with van der Waals surface area (Å²) in [7, 11) is 0. The molecule has 0 aliphatic rings. The molecule has 0 atom stereocenters. The second-order valence-corrected chi connectivity index (χ2v) is 2.72. The van der Waals surface area contributed by atoms with E-state index in [1.54, 1.807) is 0 Å². The Hall–Kier alpha value is 1.16. The van der Waals surface area contributed by atoms with Gasteiger partial charge in [0.25, 0.3) is 0 Å². The lowest BCUT2D eigenvalue weighted by Crippen LogP contribution is -1.74. The van der Waals surface area contributed by atoms with Crippen LogP contribution in [0.3, 0.4) is 0 Å². The first-order chi connectivity index (χ1) is 2.81. The fourth-order valence-corrected chi connectivity index (χ4v) is 0.231. The van der Waals surface area contributed by atoms with Crippen LogP contribution >= 0.6 is 45.2 Å². The molecule has 0 aliphatic carbocycles. The summed E-state index contributed by atoms with van der Waals surface area (Å²) < 4.78 is 2.83. The molecule has 0 aromatic carbocycles. The first-order valence-electron chi connectivity index (χ1n) is 1.37. The Kier molecular flexibility index (Phi) is 5.16. The van der Waals surface area contributed by atoms with Gasteiger partial charge in [-0.25, -0.2) is 0 Å². The van der Waals surface area contributed by atoms with E-state index < -0.39 is 0 Å². The van der Waals surface area contributed by atoms with Crippen LogP contribution < -0.4 is 0 Å². The molecule has 1 nitrogen and oxygen atoms in total. The third-order valence-electron chi connectivity index (χ3n) is 0.269. The van der Waals surface area contributed by atoms with Crippen molar-refractivity contribution in [2.75, 3.05) is 6.61 Å². The highest BCUT2D eigenvalue weighted by molar-refractivity contribution is 14.1. The van der Waals surface area contributed by atoms with Crippen molar-refractivity contribution in [3.8, 4) is 0 Å². The summed E-state index contributed by atoms with van der Waals surface area (Å²) in [5.74, 6) is 0. The molecule has 0 aromatic rings. The Balaban J connectivity index is 3.22. The summed E-state index contributed by atoms with van der Waals surface area (Å²) in [6.45, 7) is 0.170. The zero-order chi connectivity index (χ0) is 4.99. The van der Waals surface area contributed by atoms with Crippen LogP contribution in [0, 0.1) is 0 Å². The van der Waals surface area contributed by atoms with Crippen LogP contribution in [0.25, 0.3) is 0 Å². The van der Waals surface area contributed by atoms with Crippen molar-refractivity contribution in [2.45, 2.75) is 0 Å². The lowest BCUT2D eigenvalue weighted by molar-refractivity contribution is 0.341. The largest absolute Gasteiger partial charge is 0.391 e. The van der Waals surface area contributed by atoms with Crippen molar-refractivity contribution in [2.24, 2.45) is 0 Å². The fourth-order valence-electron chi connectivity index (χ4n) is 0.0345. The predicted molar refractivity (Wildman–Crippen MR) is 43.2 cm³/mol. The van der Waals surface area contributed by atoms with Crippen molar-refractivity contribution in [1.29, 1.82) is 0 Å². The van der Waals surface area contributed by atoms with Gasteiger partial charge >= 0.3 is 0 Å². The molecule has 36 valence electrons. The van der Waals surface area contributed by atoms with Gasteiger partial charge in [-0.1, -0.05) is 22.6 Å². The molecule has 0 radical (unpaired) electrons. The van der Waals surface area contributed by atoms with Gasteiger partial charge in [-0.2, -0.15) is 0 Å². The summed E-state index contributed by atoms with van der Waals surface area (Å²) in [6.07, 6.45) is 0. The second kappa shape index (κ2) is 4.32. The normalized spacial score (nSPS) is 12.2. The van der Waals surface area contributed by atoms with Crippen LogP contribution in [0.15, 0.2) is 7.66 Å². The summed E-state index contributed by atoms with van der Waals surface area (Å²) in [5, 5.41) is 8.25. The smallest absolute Gasteiger partial charge is 0.0743 e. The van der Waals surface area contributed by atoms with Crippen molar-refractivity contribution in [1.82, 2.24) is 0 Å². The Morgan fingerprint density at radius 1 is 1.83 bits per heavy atom. The van der Waals surface area contributed by atoms with Gasteiger partial charge in [0.1, 0.15) is 0 Å². The SMILES string of the molecule is OC/C(I)=C/I. The zero-order valence-corrected chi connectivity index (χ0v) is 7.30. The molecule has 0 fully saturated rings. The Morgan fingerprint density at radius 3 is 2.33 bits per heavy atom. The van der Waals surface area contributed by atoms with Crippen LogP contribution in [0.5, 0.6) is 0 Å². The van der Waals surface area contributed by atoms with E-state index in [0.717, 1.165) is 3.58 Å². The van der Waals surface area contributed by atoms with Crippen LogP contribution in [0.1, 0.15) is 0 Å². The standard InChI is InChI=1S/C3H4I2O/c4-1-3(5)2-6/h1,6H,2H2/b3-1-. The third kappa shape index (κ3) is 3.35. The monoisotopic (exact) mass is 310 g/mol. The van der Waals surface area contributed by atoms with Crippen molar-refractivity contribution in [3.63, 3.8) is 0 Å². The highest BCUT2D eigenvalue weighted by Gasteiger charge is 1.78. The first kappa shape index (κ1) is 7.16. The minimum atomic E-state index is 0.170.